The number of carbonyl (C=O) groups is 1. The van der Waals surface area contributed by atoms with E-state index in [0.29, 0.717) is 13.2 Å². The summed E-state index contributed by atoms with van der Waals surface area (Å²) in [6.45, 7) is 6.07. The lowest BCUT2D eigenvalue weighted by molar-refractivity contribution is -0.116. The van der Waals surface area contributed by atoms with Gasteiger partial charge in [-0.2, -0.15) is 0 Å². The summed E-state index contributed by atoms with van der Waals surface area (Å²) in [7, 11) is 0. The van der Waals surface area contributed by atoms with Gasteiger partial charge in [0.05, 0.1) is 17.6 Å². The van der Waals surface area contributed by atoms with Gasteiger partial charge in [0.1, 0.15) is 18.2 Å². The van der Waals surface area contributed by atoms with Crippen LogP contribution in [0.3, 0.4) is 0 Å². The molecule has 3 aromatic carbocycles. The summed E-state index contributed by atoms with van der Waals surface area (Å²) in [5.74, 6) is 1.86. The number of aryl methyl sites for hydroxylation is 2. The van der Waals surface area contributed by atoms with E-state index in [9.17, 15) is 4.79 Å². The van der Waals surface area contributed by atoms with E-state index in [1.165, 1.54) is 11.1 Å². The first kappa shape index (κ1) is 23.3. The van der Waals surface area contributed by atoms with Crippen LogP contribution in [-0.4, -0.2) is 28.6 Å². The van der Waals surface area contributed by atoms with E-state index in [1.54, 1.807) is 6.08 Å². The van der Waals surface area contributed by atoms with E-state index < -0.39 is 0 Å². The molecule has 1 aromatic heterocycles. The largest absolute Gasteiger partial charge is 0.491 e. The summed E-state index contributed by atoms with van der Waals surface area (Å²) < 4.78 is 8.34. The first-order valence-corrected chi connectivity index (χ1v) is 11.8. The highest BCUT2D eigenvalue weighted by Crippen LogP contribution is 2.21. The standard InChI is InChI=1S/C29H31N3O2/c1-22-10-8-15-27(23(22)2)34-21-20-32-26-14-7-6-13-25(26)31-28(32)16-9-19-30-29(33)18-17-24-11-4-3-5-12-24/h3-8,10-15,17-18H,9,16,19-21H2,1-2H3,(H,30,33)/b18-17-. The second-order valence-corrected chi connectivity index (χ2v) is 8.35. The van der Waals surface area contributed by atoms with Crippen LogP contribution in [0.1, 0.15) is 28.9 Å². The van der Waals surface area contributed by atoms with Gasteiger partial charge in [-0.3, -0.25) is 4.79 Å². The minimum atomic E-state index is -0.0840. The number of hydrogen-bond acceptors (Lipinski definition) is 3. The molecule has 0 bridgehead atoms. The summed E-state index contributed by atoms with van der Waals surface area (Å²) in [6.07, 6.45) is 4.99. The Labute approximate surface area is 201 Å². The van der Waals surface area contributed by atoms with Gasteiger partial charge in [0, 0.05) is 19.0 Å². The van der Waals surface area contributed by atoms with Gasteiger partial charge in [0.15, 0.2) is 0 Å². The molecular formula is C29H31N3O2. The fourth-order valence-corrected chi connectivity index (χ4v) is 3.95. The number of nitrogens with one attached hydrogen (secondary N) is 1. The number of benzene rings is 3. The van der Waals surface area contributed by atoms with Crippen molar-refractivity contribution in [1.29, 1.82) is 0 Å². The molecular weight excluding hydrogens is 422 g/mol. The molecule has 0 fully saturated rings. The number of carbonyl (C=O) groups excluding carboxylic acids is 1. The van der Waals surface area contributed by atoms with Crippen LogP contribution in [0.4, 0.5) is 0 Å². The average molecular weight is 454 g/mol. The zero-order valence-electron chi connectivity index (χ0n) is 19.8. The molecule has 0 aliphatic rings. The van der Waals surface area contributed by atoms with E-state index >= 15 is 0 Å². The molecule has 0 aliphatic carbocycles. The highest BCUT2D eigenvalue weighted by atomic mass is 16.5. The highest BCUT2D eigenvalue weighted by molar-refractivity contribution is 5.91. The lowest BCUT2D eigenvalue weighted by Gasteiger charge is -2.13. The maximum Gasteiger partial charge on any atom is 0.243 e. The Hall–Kier alpha value is -3.86. The SMILES string of the molecule is Cc1cccc(OCCn2c(CCCNC(=O)/C=C\c3ccccc3)nc3ccccc32)c1C. The van der Waals surface area contributed by atoms with Gasteiger partial charge >= 0.3 is 0 Å². The number of imidazole rings is 1. The van der Waals surface area contributed by atoms with Gasteiger partial charge in [-0.25, -0.2) is 4.98 Å². The quantitative estimate of drug-likeness (QED) is 0.255. The summed E-state index contributed by atoms with van der Waals surface area (Å²) in [4.78, 5) is 17.0. The number of hydrogen-bond donors (Lipinski definition) is 1. The van der Waals surface area contributed by atoms with Crippen molar-refractivity contribution >= 4 is 23.0 Å². The van der Waals surface area contributed by atoms with Gasteiger partial charge in [-0.05, 0) is 61.2 Å². The van der Waals surface area contributed by atoms with Crippen molar-refractivity contribution in [2.45, 2.75) is 33.2 Å². The molecule has 0 saturated carbocycles. The molecule has 0 saturated heterocycles. The molecule has 34 heavy (non-hydrogen) atoms. The first-order valence-electron chi connectivity index (χ1n) is 11.8. The van der Waals surface area contributed by atoms with Crippen molar-refractivity contribution in [3.8, 4) is 5.75 Å². The maximum absolute atomic E-state index is 12.1. The molecule has 174 valence electrons. The average Bonchev–Trinajstić information content (AvgIpc) is 3.21. The normalized spacial score (nSPS) is 11.2. The van der Waals surface area contributed by atoms with Crippen molar-refractivity contribution in [2.75, 3.05) is 13.2 Å². The molecule has 5 nitrogen and oxygen atoms in total. The van der Waals surface area contributed by atoms with E-state index in [-0.39, 0.29) is 5.91 Å². The van der Waals surface area contributed by atoms with E-state index in [4.69, 9.17) is 9.72 Å². The number of aromatic nitrogens is 2. The third-order valence-corrected chi connectivity index (χ3v) is 5.96. The first-order chi connectivity index (χ1) is 16.6. The molecule has 1 amide bonds. The molecule has 4 aromatic rings. The highest BCUT2D eigenvalue weighted by Gasteiger charge is 2.11. The Bertz CT molecular complexity index is 1280. The van der Waals surface area contributed by atoms with Crippen LogP contribution in [0, 0.1) is 13.8 Å². The molecule has 0 aliphatic heterocycles. The maximum atomic E-state index is 12.1. The summed E-state index contributed by atoms with van der Waals surface area (Å²) in [6, 6.07) is 24.1. The number of ether oxygens (including phenoxy) is 1. The predicted molar refractivity (Wildman–Crippen MR) is 138 cm³/mol. The van der Waals surface area contributed by atoms with Crippen LogP contribution in [0.15, 0.2) is 78.9 Å². The van der Waals surface area contributed by atoms with Crippen LogP contribution in [0.2, 0.25) is 0 Å². The molecule has 1 N–H and O–H groups in total. The second-order valence-electron chi connectivity index (χ2n) is 8.35. The number of fused-ring (bicyclic) bond motifs is 1. The Morgan fingerprint density at radius 3 is 2.65 bits per heavy atom. The van der Waals surface area contributed by atoms with Crippen molar-refractivity contribution < 1.29 is 9.53 Å². The fourth-order valence-electron chi connectivity index (χ4n) is 3.95. The number of amides is 1. The van der Waals surface area contributed by atoms with Crippen molar-refractivity contribution in [3.05, 3.63) is 101 Å². The van der Waals surface area contributed by atoms with E-state index in [2.05, 4.69) is 35.9 Å². The number of rotatable bonds is 10. The van der Waals surface area contributed by atoms with Gasteiger partial charge in [-0.15, -0.1) is 0 Å². The molecule has 1 heterocycles. The summed E-state index contributed by atoms with van der Waals surface area (Å²) in [5, 5.41) is 2.97. The zero-order chi connectivity index (χ0) is 23.8. The van der Waals surface area contributed by atoms with Crippen LogP contribution in [0.25, 0.3) is 17.1 Å². The predicted octanol–water partition coefficient (Wildman–Crippen LogP) is 5.49. The molecule has 0 radical (unpaired) electrons. The monoisotopic (exact) mass is 453 g/mol. The van der Waals surface area contributed by atoms with Crippen LogP contribution < -0.4 is 10.1 Å². The molecule has 0 atom stereocenters. The van der Waals surface area contributed by atoms with Gasteiger partial charge in [0.2, 0.25) is 5.91 Å². The third-order valence-electron chi connectivity index (χ3n) is 5.96. The Morgan fingerprint density at radius 1 is 1.00 bits per heavy atom. The smallest absolute Gasteiger partial charge is 0.243 e. The summed E-state index contributed by atoms with van der Waals surface area (Å²) in [5.41, 5.74) is 5.51. The lowest BCUT2D eigenvalue weighted by Crippen LogP contribution is -2.23. The Morgan fingerprint density at radius 2 is 1.79 bits per heavy atom. The molecule has 5 heteroatoms. The second kappa shape index (κ2) is 11.3. The van der Waals surface area contributed by atoms with E-state index in [1.807, 2.05) is 66.7 Å². The number of para-hydroxylation sites is 2. The summed E-state index contributed by atoms with van der Waals surface area (Å²) >= 11 is 0. The molecule has 4 rings (SSSR count). The topological polar surface area (TPSA) is 56.1 Å². The fraction of sp³-hybridized carbons (Fsp3) is 0.241. The van der Waals surface area contributed by atoms with Gasteiger partial charge in [-0.1, -0.05) is 54.6 Å². The van der Waals surface area contributed by atoms with Crippen LogP contribution in [0.5, 0.6) is 5.75 Å². The minimum absolute atomic E-state index is 0.0840. The Kier molecular flexibility index (Phi) is 7.76. The van der Waals surface area contributed by atoms with Crippen molar-refractivity contribution in [3.63, 3.8) is 0 Å². The minimum Gasteiger partial charge on any atom is -0.491 e. The zero-order valence-corrected chi connectivity index (χ0v) is 19.8. The van der Waals surface area contributed by atoms with E-state index in [0.717, 1.165) is 47.6 Å². The van der Waals surface area contributed by atoms with Crippen LogP contribution >= 0.6 is 0 Å². The molecule has 0 unspecified atom stereocenters. The molecule has 0 spiro atoms. The van der Waals surface area contributed by atoms with Gasteiger partial charge < -0.3 is 14.6 Å². The number of nitrogens with zero attached hydrogens (tertiary/aromatic N) is 2. The Balaban J connectivity index is 1.34. The van der Waals surface area contributed by atoms with Gasteiger partial charge in [0.25, 0.3) is 0 Å². The van der Waals surface area contributed by atoms with Crippen LogP contribution in [-0.2, 0) is 17.8 Å². The lowest BCUT2D eigenvalue weighted by atomic mass is 10.1. The third kappa shape index (κ3) is 5.93. The van der Waals surface area contributed by atoms with Crippen molar-refractivity contribution in [1.82, 2.24) is 14.9 Å². The van der Waals surface area contributed by atoms with Crippen molar-refractivity contribution in [2.24, 2.45) is 0 Å².